The molecule has 0 saturated carbocycles. The molecule has 1 aliphatic rings. The zero-order valence-corrected chi connectivity index (χ0v) is 35.7. The summed E-state index contributed by atoms with van der Waals surface area (Å²) in [4.78, 5) is 27.1. The highest BCUT2D eigenvalue weighted by molar-refractivity contribution is 6.31. The summed E-state index contributed by atoms with van der Waals surface area (Å²) in [6.07, 6.45) is 0. The van der Waals surface area contributed by atoms with Crippen LogP contribution in [0.3, 0.4) is 0 Å². The molecule has 3 heterocycles. The van der Waals surface area contributed by atoms with E-state index in [1.165, 1.54) is 0 Å². The van der Waals surface area contributed by atoms with Crippen LogP contribution < -0.4 is 19.7 Å². The zero-order chi connectivity index (χ0) is 42.2. The predicted molar refractivity (Wildman–Crippen MR) is 233 cm³/mol. The molecular weight excluding hydrogens is 787 g/mol. The minimum absolute atomic E-state index is 0.00559. The summed E-state index contributed by atoms with van der Waals surface area (Å²) < 4.78 is 15.6. The van der Waals surface area contributed by atoms with Crippen LogP contribution in [0, 0.1) is 25.7 Å². The maximum Gasteiger partial charge on any atom is 0.260 e. The predicted octanol–water partition coefficient (Wildman–Crippen LogP) is 9.76. The van der Waals surface area contributed by atoms with E-state index in [-0.39, 0.29) is 18.4 Å². The molecule has 0 radical (unpaired) electrons. The van der Waals surface area contributed by atoms with Crippen LogP contribution in [-0.4, -0.2) is 49.7 Å². The Kier molecular flexibility index (Phi) is 14.1. The van der Waals surface area contributed by atoms with Crippen LogP contribution in [0.1, 0.15) is 82.1 Å². The molecule has 11 nitrogen and oxygen atoms in total. The van der Waals surface area contributed by atoms with Crippen LogP contribution in [0.15, 0.2) is 97.1 Å². The van der Waals surface area contributed by atoms with Crippen molar-refractivity contribution >= 4 is 46.7 Å². The van der Waals surface area contributed by atoms with Crippen molar-refractivity contribution < 1.29 is 24.2 Å². The van der Waals surface area contributed by atoms with E-state index in [0.717, 1.165) is 45.1 Å². The van der Waals surface area contributed by atoms with E-state index in [4.69, 9.17) is 37.8 Å². The standard InChI is InChI=1S/C23H26ClN3O3.C23H24ClN3O2/c1-15(2)14-30-21-9-8-19(24)11-18(21)12-27-16(3)10-22(26-27)25-23(29)20-7-5-4-6-17(20)13-28;1-15(2)14-29-21-9-8-19(24)11-18(21)13-27-16(3)10-22(25-27)26-12-17-6-4-5-7-20(17)23(26)28/h4-11,15,28H,12-14H2,1-3H3,(H,25,26,29);4-11,15H,12-14H2,1-3H3. The van der Waals surface area contributed by atoms with Crippen LogP contribution in [0.2, 0.25) is 10.0 Å². The number of amides is 2. The van der Waals surface area contributed by atoms with Gasteiger partial charge in [-0.3, -0.25) is 23.9 Å². The van der Waals surface area contributed by atoms with Crippen molar-refractivity contribution in [2.45, 2.75) is 67.8 Å². The number of aryl methyl sites for hydroxylation is 2. The van der Waals surface area contributed by atoms with Gasteiger partial charge in [0.15, 0.2) is 11.6 Å². The Morgan fingerprint density at radius 3 is 1.90 bits per heavy atom. The number of anilines is 2. The summed E-state index contributed by atoms with van der Waals surface area (Å²) in [7, 11) is 0. The van der Waals surface area contributed by atoms with E-state index in [2.05, 4.69) is 38.1 Å². The highest BCUT2D eigenvalue weighted by Gasteiger charge is 2.30. The van der Waals surface area contributed by atoms with Crippen LogP contribution in [0.5, 0.6) is 11.5 Å². The average molecular weight is 838 g/mol. The molecule has 0 aliphatic carbocycles. The molecule has 13 heteroatoms. The summed E-state index contributed by atoms with van der Waals surface area (Å²) in [6.45, 7) is 14.9. The number of aliphatic hydroxyl groups is 1. The SMILES string of the molecule is Cc1cc(N2Cc3ccccc3C2=O)nn1Cc1cc(Cl)ccc1OCC(C)C.Cc1cc(NC(=O)c2ccccc2CO)nn1Cc1cc(Cl)ccc1OCC(C)C. The number of ether oxygens (including phenoxy) is 2. The van der Waals surface area contributed by atoms with Crippen LogP contribution in [-0.2, 0) is 26.2 Å². The molecule has 0 unspecified atom stereocenters. The minimum atomic E-state index is -0.312. The number of benzene rings is 4. The van der Waals surface area contributed by atoms with Crippen molar-refractivity contribution in [3.05, 3.63) is 152 Å². The largest absolute Gasteiger partial charge is 0.493 e. The minimum Gasteiger partial charge on any atom is -0.493 e. The molecule has 0 atom stereocenters. The van der Waals surface area contributed by atoms with Gasteiger partial charge in [0.25, 0.3) is 11.8 Å². The molecule has 0 spiro atoms. The first-order valence-electron chi connectivity index (χ1n) is 19.6. The van der Waals surface area contributed by atoms with Crippen LogP contribution in [0.25, 0.3) is 0 Å². The summed E-state index contributed by atoms with van der Waals surface area (Å²) >= 11 is 12.4. The second-order valence-corrected chi connectivity index (χ2v) is 16.2. The summed E-state index contributed by atoms with van der Waals surface area (Å²) in [5.74, 6) is 3.20. The smallest absolute Gasteiger partial charge is 0.260 e. The lowest BCUT2D eigenvalue weighted by Gasteiger charge is -2.15. The fourth-order valence-corrected chi connectivity index (χ4v) is 6.87. The molecule has 7 rings (SSSR count). The molecule has 4 aromatic carbocycles. The first kappa shape index (κ1) is 43.0. The molecule has 59 heavy (non-hydrogen) atoms. The third-order valence-corrected chi connectivity index (χ3v) is 10.0. The second-order valence-electron chi connectivity index (χ2n) is 15.4. The van der Waals surface area contributed by atoms with Crippen molar-refractivity contribution in [1.29, 1.82) is 0 Å². The average Bonchev–Trinajstić information content (AvgIpc) is 3.86. The third-order valence-electron chi connectivity index (χ3n) is 9.55. The molecule has 2 amide bonds. The Morgan fingerprint density at radius 1 is 0.746 bits per heavy atom. The Bertz CT molecular complexity index is 2420. The molecule has 0 fully saturated rings. The zero-order valence-electron chi connectivity index (χ0n) is 34.2. The lowest BCUT2D eigenvalue weighted by atomic mass is 10.1. The first-order valence-corrected chi connectivity index (χ1v) is 20.4. The number of carbonyl (C=O) groups is 2. The molecule has 2 N–H and O–H groups in total. The molecule has 0 bridgehead atoms. The van der Waals surface area contributed by atoms with Gasteiger partial charge in [-0.15, -0.1) is 0 Å². The second kappa shape index (κ2) is 19.4. The summed E-state index contributed by atoms with van der Waals surface area (Å²) in [5.41, 5.74) is 6.50. The number of aromatic nitrogens is 4. The van der Waals surface area contributed by atoms with Crippen molar-refractivity contribution in [3.8, 4) is 11.5 Å². The fourth-order valence-electron chi connectivity index (χ4n) is 6.48. The van der Waals surface area contributed by atoms with E-state index < -0.39 is 0 Å². The quantitative estimate of drug-likeness (QED) is 0.112. The molecular formula is C46H50Cl2N6O5. The third kappa shape index (κ3) is 10.9. The Balaban J connectivity index is 0.000000198. The maximum atomic E-state index is 12.8. The van der Waals surface area contributed by atoms with E-state index in [9.17, 15) is 14.7 Å². The molecule has 1 aliphatic heterocycles. The molecule has 2 aromatic heterocycles. The van der Waals surface area contributed by atoms with Gasteiger partial charge < -0.3 is 19.9 Å². The van der Waals surface area contributed by atoms with Gasteiger partial charge in [-0.2, -0.15) is 10.2 Å². The van der Waals surface area contributed by atoms with Gasteiger partial charge in [0.2, 0.25) is 0 Å². The number of fused-ring (bicyclic) bond motifs is 1. The van der Waals surface area contributed by atoms with Gasteiger partial charge in [0, 0.05) is 55.8 Å². The number of nitrogens with zero attached hydrogens (tertiary/aromatic N) is 5. The normalized spacial score (nSPS) is 12.1. The van der Waals surface area contributed by atoms with Gasteiger partial charge >= 0.3 is 0 Å². The van der Waals surface area contributed by atoms with E-state index >= 15 is 0 Å². The number of nitrogens with one attached hydrogen (secondary N) is 1. The van der Waals surface area contributed by atoms with E-state index in [0.29, 0.717) is 77.5 Å². The monoisotopic (exact) mass is 836 g/mol. The Labute approximate surface area is 355 Å². The molecule has 0 saturated heterocycles. The van der Waals surface area contributed by atoms with Gasteiger partial charge in [-0.05, 0) is 85.3 Å². The van der Waals surface area contributed by atoms with Crippen molar-refractivity contribution in [2.75, 3.05) is 23.4 Å². The lowest BCUT2D eigenvalue weighted by molar-refractivity contribution is 0.0993. The Hall–Kier alpha value is -5.62. The van der Waals surface area contributed by atoms with Gasteiger partial charge in [0.1, 0.15) is 11.5 Å². The van der Waals surface area contributed by atoms with Gasteiger partial charge in [-0.25, -0.2) is 0 Å². The lowest BCUT2D eigenvalue weighted by Crippen LogP contribution is -2.23. The maximum absolute atomic E-state index is 12.8. The molecule has 308 valence electrons. The van der Waals surface area contributed by atoms with Gasteiger partial charge in [-0.1, -0.05) is 87.3 Å². The number of aliphatic hydroxyl groups excluding tert-OH is 1. The van der Waals surface area contributed by atoms with E-state index in [1.807, 2.05) is 79.2 Å². The number of carbonyl (C=O) groups excluding carboxylic acids is 2. The number of halogens is 2. The highest BCUT2D eigenvalue weighted by atomic mass is 35.5. The summed E-state index contributed by atoms with van der Waals surface area (Å²) in [5, 5.41) is 22.8. The van der Waals surface area contributed by atoms with Crippen LogP contribution >= 0.6 is 23.2 Å². The number of hydrogen-bond acceptors (Lipinski definition) is 7. The van der Waals surface area contributed by atoms with Crippen molar-refractivity contribution in [2.24, 2.45) is 11.8 Å². The van der Waals surface area contributed by atoms with E-state index in [1.54, 1.807) is 46.0 Å². The summed E-state index contributed by atoms with van der Waals surface area (Å²) in [6, 6.07) is 29.6. The first-order chi connectivity index (χ1) is 28.3. The Morgan fingerprint density at radius 2 is 1.31 bits per heavy atom. The van der Waals surface area contributed by atoms with Crippen molar-refractivity contribution in [1.82, 2.24) is 19.6 Å². The fraction of sp³-hybridized carbons (Fsp3) is 0.304. The highest BCUT2D eigenvalue weighted by Crippen LogP contribution is 2.30. The number of hydrogen-bond donors (Lipinski definition) is 2. The van der Waals surface area contributed by atoms with Crippen molar-refractivity contribution in [3.63, 3.8) is 0 Å². The van der Waals surface area contributed by atoms with Gasteiger partial charge in [0.05, 0.1) is 39.5 Å². The molecule has 6 aromatic rings. The van der Waals surface area contributed by atoms with Crippen LogP contribution in [0.4, 0.5) is 11.6 Å². The topological polar surface area (TPSA) is 124 Å². The number of rotatable bonds is 14.